The maximum atomic E-state index is 12.7. The summed E-state index contributed by atoms with van der Waals surface area (Å²) in [5, 5.41) is 2.79. The Morgan fingerprint density at radius 1 is 0.909 bits per heavy atom. The number of para-hydroxylation sites is 1. The minimum absolute atomic E-state index is 0.0932. The van der Waals surface area contributed by atoms with Crippen molar-refractivity contribution in [3.05, 3.63) is 90.5 Å². The smallest absolute Gasteiger partial charge is 0.240 e. The van der Waals surface area contributed by atoms with Gasteiger partial charge in [0, 0.05) is 30.9 Å². The van der Waals surface area contributed by atoms with Crippen LogP contribution in [0.1, 0.15) is 12.0 Å². The molecule has 8 heteroatoms. The Balaban J connectivity index is 1.32. The Bertz CT molecular complexity index is 1210. The first-order chi connectivity index (χ1) is 15.9. The second-order valence-corrected chi connectivity index (χ2v) is 9.65. The predicted octanol–water partition coefficient (Wildman–Crippen LogP) is 3.20. The van der Waals surface area contributed by atoms with Gasteiger partial charge in [-0.2, -0.15) is 0 Å². The van der Waals surface area contributed by atoms with Crippen LogP contribution in [0.15, 0.2) is 89.8 Å². The standard InChI is InChI=1S/C25H25N3O4S/c29-24-17-20(18-28(24)22-9-5-2-6-10-22)25(30)27-21-11-13-23(14-12-21)33(31,32)26-16-15-19-7-3-1-4-8-19/h1-14,20,26H,15-18H2,(H,27,30). The third-order valence-electron chi connectivity index (χ3n) is 5.54. The zero-order valence-corrected chi connectivity index (χ0v) is 18.8. The van der Waals surface area contributed by atoms with Crippen LogP contribution in [0.2, 0.25) is 0 Å². The summed E-state index contributed by atoms with van der Waals surface area (Å²) < 4.78 is 27.7. The monoisotopic (exact) mass is 463 g/mol. The van der Waals surface area contributed by atoms with Gasteiger partial charge in [0.15, 0.2) is 0 Å². The number of carbonyl (C=O) groups is 2. The molecule has 1 saturated heterocycles. The Morgan fingerprint density at radius 3 is 2.21 bits per heavy atom. The normalized spacial score (nSPS) is 16.1. The van der Waals surface area contributed by atoms with E-state index in [9.17, 15) is 18.0 Å². The van der Waals surface area contributed by atoms with Crippen molar-refractivity contribution in [2.45, 2.75) is 17.7 Å². The largest absolute Gasteiger partial charge is 0.326 e. The van der Waals surface area contributed by atoms with Crippen molar-refractivity contribution in [1.82, 2.24) is 4.72 Å². The van der Waals surface area contributed by atoms with Gasteiger partial charge in [-0.15, -0.1) is 0 Å². The van der Waals surface area contributed by atoms with Crippen molar-refractivity contribution in [1.29, 1.82) is 0 Å². The van der Waals surface area contributed by atoms with Gasteiger partial charge in [0.2, 0.25) is 21.8 Å². The number of rotatable bonds is 8. The number of amides is 2. The van der Waals surface area contributed by atoms with E-state index in [2.05, 4.69) is 10.0 Å². The topological polar surface area (TPSA) is 95.6 Å². The average molecular weight is 464 g/mol. The molecule has 4 rings (SSSR count). The molecule has 0 saturated carbocycles. The number of hydrogen-bond donors (Lipinski definition) is 2. The van der Waals surface area contributed by atoms with Crippen LogP contribution in [0.25, 0.3) is 0 Å². The highest BCUT2D eigenvalue weighted by Gasteiger charge is 2.35. The van der Waals surface area contributed by atoms with Crippen molar-refractivity contribution < 1.29 is 18.0 Å². The number of nitrogens with one attached hydrogen (secondary N) is 2. The third kappa shape index (κ3) is 5.66. The summed E-state index contributed by atoms with van der Waals surface area (Å²) in [5.41, 5.74) is 2.30. The molecule has 0 aliphatic carbocycles. The zero-order valence-electron chi connectivity index (χ0n) is 18.0. The molecule has 0 spiro atoms. The first kappa shape index (κ1) is 22.7. The highest BCUT2D eigenvalue weighted by Crippen LogP contribution is 2.26. The average Bonchev–Trinajstić information content (AvgIpc) is 3.22. The molecule has 7 nitrogen and oxygen atoms in total. The number of hydrogen-bond acceptors (Lipinski definition) is 4. The quantitative estimate of drug-likeness (QED) is 0.536. The van der Waals surface area contributed by atoms with Crippen molar-refractivity contribution >= 4 is 33.2 Å². The molecule has 2 N–H and O–H groups in total. The lowest BCUT2D eigenvalue weighted by Crippen LogP contribution is -2.28. The Kier molecular flexibility index (Phi) is 6.86. The molecule has 1 atom stereocenters. The van der Waals surface area contributed by atoms with Crippen LogP contribution in [-0.2, 0) is 26.0 Å². The zero-order chi connectivity index (χ0) is 23.3. The molecule has 33 heavy (non-hydrogen) atoms. The second-order valence-electron chi connectivity index (χ2n) is 7.89. The molecule has 3 aromatic rings. The number of carbonyl (C=O) groups excluding carboxylic acids is 2. The van der Waals surface area contributed by atoms with E-state index in [1.54, 1.807) is 17.0 Å². The van der Waals surface area contributed by atoms with E-state index in [0.29, 0.717) is 25.2 Å². The summed E-state index contributed by atoms with van der Waals surface area (Å²) >= 11 is 0. The van der Waals surface area contributed by atoms with Crippen LogP contribution in [0.3, 0.4) is 0 Å². The summed E-state index contributed by atoms with van der Waals surface area (Å²) in [6.45, 7) is 0.602. The molecule has 1 aliphatic rings. The van der Waals surface area contributed by atoms with E-state index in [1.807, 2.05) is 60.7 Å². The SMILES string of the molecule is O=C(Nc1ccc(S(=O)(=O)NCCc2ccccc2)cc1)C1CC(=O)N(c2ccccc2)C1. The highest BCUT2D eigenvalue weighted by atomic mass is 32.2. The number of anilines is 2. The lowest BCUT2D eigenvalue weighted by Gasteiger charge is -2.16. The minimum Gasteiger partial charge on any atom is -0.326 e. The Hall–Kier alpha value is -3.49. The number of nitrogens with zero attached hydrogens (tertiary/aromatic N) is 1. The minimum atomic E-state index is -3.65. The van der Waals surface area contributed by atoms with Crippen LogP contribution in [-0.4, -0.2) is 33.3 Å². The van der Waals surface area contributed by atoms with Gasteiger partial charge in [-0.1, -0.05) is 48.5 Å². The summed E-state index contributed by atoms with van der Waals surface area (Å²) in [5.74, 6) is -0.830. The lowest BCUT2D eigenvalue weighted by atomic mass is 10.1. The molecule has 2 amide bonds. The third-order valence-corrected chi connectivity index (χ3v) is 7.02. The molecular weight excluding hydrogens is 438 g/mol. The van der Waals surface area contributed by atoms with E-state index in [-0.39, 0.29) is 23.1 Å². The van der Waals surface area contributed by atoms with Crippen molar-refractivity contribution in [3.8, 4) is 0 Å². The number of sulfonamides is 1. The fourth-order valence-electron chi connectivity index (χ4n) is 3.76. The van der Waals surface area contributed by atoms with Gasteiger partial charge in [0.05, 0.1) is 10.8 Å². The highest BCUT2D eigenvalue weighted by molar-refractivity contribution is 7.89. The summed E-state index contributed by atoms with van der Waals surface area (Å²) in [6.07, 6.45) is 0.729. The first-order valence-electron chi connectivity index (χ1n) is 10.7. The maximum Gasteiger partial charge on any atom is 0.240 e. The van der Waals surface area contributed by atoms with Crippen LogP contribution in [0.4, 0.5) is 11.4 Å². The molecule has 1 heterocycles. The molecule has 0 radical (unpaired) electrons. The van der Waals surface area contributed by atoms with E-state index in [1.165, 1.54) is 12.1 Å². The van der Waals surface area contributed by atoms with Crippen LogP contribution < -0.4 is 14.9 Å². The molecule has 1 fully saturated rings. The predicted molar refractivity (Wildman–Crippen MR) is 127 cm³/mol. The van der Waals surface area contributed by atoms with Crippen molar-refractivity contribution in [2.24, 2.45) is 5.92 Å². The van der Waals surface area contributed by atoms with E-state index < -0.39 is 15.9 Å². The van der Waals surface area contributed by atoms with Gasteiger partial charge in [-0.05, 0) is 48.4 Å². The molecule has 0 bridgehead atoms. The second kappa shape index (κ2) is 9.97. The fraction of sp³-hybridized carbons (Fsp3) is 0.200. The lowest BCUT2D eigenvalue weighted by molar-refractivity contribution is -0.122. The van der Waals surface area contributed by atoms with Gasteiger partial charge in [0.1, 0.15) is 0 Å². The van der Waals surface area contributed by atoms with Gasteiger partial charge in [-0.3, -0.25) is 9.59 Å². The van der Waals surface area contributed by atoms with Crippen molar-refractivity contribution in [2.75, 3.05) is 23.3 Å². The van der Waals surface area contributed by atoms with E-state index in [4.69, 9.17) is 0 Å². The van der Waals surface area contributed by atoms with Crippen molar-refractivity contribution in [3.63, 3.8) is 0 Å². The maximum absolute atomic E-state index is 12.7. The van der Waals surface area contributed by atoms with Gasteiger partial charge in [0.25, 0.3) is 0 Å². The van der Waals surface area contributed by atoms with Crippen LogP contribution in [0.5, 0.6) is 0 Å². The Labute approximate surface area is 193 Å². The van der Waals surface area contributed by atoms with E-state index >= 15 is 0 Å². The van der Waals surface area contributed by atoms with Gasteiger partial charge >= 0.3 is 0 Å². The molecule has 1 aliphatic heterocycles. The van der Waals surface area contributed by atoms with Crippen LogP contribution >= 0.6 is 0 Å². The fourth-order valence-corrected chi connectivity index (χ4v) is 4.79. The molecule has 1 unspecified atom stereocenters. The summed E-state index contributed by atoms with van der Waals surface area (Å²) in [6, 6.07) is 24.9. The van der Waals surface area contributed by atoms with Gasteiger partial charge in [-0.25, -0.2) is 13.1 Å². The van der Waals surface area contributed by atoms with Crippen LogP contribution in [0, 0.1) is 5.92 Å². The molecule has 3 aromatic carbocycles. The first-order valence-corrected chi connectivity index (χ1v) is 12.2. The summed E-state index contributed by atoms with van der Waals surface area (Å²) in [7, 11) is -3.65. The molecule has 170 valence electrons. The Morgan fingerprint density at radius 2 is 1.55 bits per heavy atom. The number of benzene rings is 3. The summed E-state index contributed by atoms with van der Waals surface area (Å²) in [4.78, 5) is 26.8. The van der Waals surface area contributed by atoms with E-state index in [0.717, 1.165) is 11.3 Å². The van der Waals surface area contributed by atoms with Gasteiger partial charge < -0.3 is 10.2 Å². The molecular formula is C25H25N3O4S. The molecule has 0 aromatic heterocycles.